The molecular formula is C9H10N6O2. The molecule has 8 heteroatoms. The zero-order valence-corrected chi connectivity index (χ0v) is 8.66. The van der Waals surface area contributed by atoms with E-state index in [1.54, 1.807) is 18.3 Å². The standard InChI is InChI=1S/C6H5N3O2.C3H5N3/c10-5-3-6(11)9-4(8-5)1-2-7-9;4-3-1-2-5-6-3/h1-3,11H,(H,8,10);1-2H,(H3,4,5,6). The lowest BCUT2D eigenvalue weighted by Gasteiger charge is -1.93. The summed E-state index contributed by atoms with van der Waals surface area (Å²) in [6, 6.07) is 4.36. The maximum Gasteiger partial charge on any atom is 0.254 e. The fraction of sp³-hybridized carbons (Fsp3) is 0. The molecule has 0 saturated carbocycles. The van der Waals surface area contributed by atoms with Gasteiger partial charge in [-0.2, -0.15) is 14.7 Å². The minimum atomic E-state index is -0.337. The van der Waals surface area contributed by atoms with Crippen LogP contribution in [0.4, 0.5) is 5.82 Å². The molecule has 0 saturated heterocycles. The summed E-state index contributed by atoms with van der Waals surface area (Å²) in [6.45, 7) is 0. The molecule has 0 aromatic carbocycles. The number of rotatable bonds is 0. The predicted molar refractivity (Wildman–Crippen MR) is 60.5 cm³/mol. The van der Waals surface area contributed by atoms with Crippen LogP contribution in [0.25, 0.3) is 5.65 Å². The summed E-state index contributed by atoms with van der Waals surface area (Å²) < 4.78 is 1.24. The molecule has 0 unspecified atom stereocenters. The van der Waals surface area contributed by atoms with Gasteiger partial charge in [-0.05, 0) is 6.07 Å². The average Bonchev–Trinajstić information content (AvgIpc) is 2.89. The summed E-state index contributed by atoms with van der Waals surface area (Å²) in [6.07, 6.45) is 3.10. The number of anilines is 1. The van der Waals surface area contributed by atoms with E-state index in [1.807, 2.05) is 0 Å². The van der Waals surface area contributed by atoms with Gasteiger partial charge in [0, 0.05) is 6.07 Å². The molecule has 8 nitrogen and oxygen atoms in total. The number of nitrogens with two attached hydrogens (primary N) is 1. The number of H-pyrrole nitrogens is 2. The molecule has 88 valence electrons. The van der Waals surface area contributed by atoms with Crippen molar-refractivity contribution in [1.82, 2.24) is 24.8 Å². The molecule has 3 heterocycles. The number of aromatic nitrogens is 5. The molecule has 3 aromatic heterocycles. The quantitative estimate of drug-likeness (QED) is 0.425. The van der Waals surface area contributed by atoms with Gasteiger partial charge in [-0.1, -0.05) is 0 Å². The summed E-state index contributed by atoms with van der Waals surface area (Å²) >= 11 is 0. The van der Waals surface area contributed by atoms with Crippen LogP contribution in [0.5, 0.6) is 5.88 Å². The van der Waals surface area contributed by atoms with Crippen molar-refractivity contribution >= 4 is 11.5 Å². The third kappa shape index (κ3) is 2.43. The molecule has 0 atom stereocenters. The van der Waals surface area contributed by atoms with Crippen molar-refractivity contribution in [1.29, 1.82) is 0 Å². The van der Waals surface area contributed by atoms with Gasteiger partial charge in [0.2, 0.25) is 5.88 Å². The average molecular weight is 234 g/mol. The highest BCUT2D eigenvalue weighted by atomic mass is 16.3. The van der Waals surface area contributed by atoms with Crippen LogP contribution in [-0.4, -0.2) is 29.9 Å². The zero-order chi connectivity index (χ0) is 12.3. The molecule has 3 aromatic rings. The summed E-state index contributed by atoms with van der Waals surface area (Å²) in [5.41, 5.74) is 5.30. The first-order chi connectivity index (χ1) is 8.16. The number of aromatic hydroxyl groups is 1. The minimum Gasteiger partial charge on any atom is -0.493 e. The van der Waals surface area contributed by atoms with E-state index >= 15 is 0 Å². The Morgan fingerprint density at radius 1 is 1.35 bits per heavy atom. The third-order valence-corrected chi connectivity index (χ3v) is 1.89. The monoisotopic (exact) mass is 234 g/mol. The van der Waals surface area contributed by atoms with E-state index < -0.39 is 0 Å². The van der Waals surface area contributed by atoms with E-state index in [1.165, 1.54) is 10.7 Å². The highest BCUT2D eigenvalue weighted by molar-refractivity contribution is 5.37. The molecule has 0 spiro atoms. The number of aromatic amines is 2. The highest BCUT2D eigenvalue weighted by Crippen LogP contribution is 2.04. The van der Waals surface area contributed by atoms with Gasteiger partial charge in [0.25, 0.3) is 5.56 Å². The second-order valence-corrected chi connectivity index (χ2v) is 3.13. The molecular weight excluding hydrogens is 224 g/mol. The van der Waals surface area contributed by atoms with Crippen LogP contribution in [0.1, 0.15) is 0 Å². The van der Waals surface area contributed by atoms with E-state index in [-0.39, 0.29) is 11.4 Å². The first-order valence-electron chi connectivity index (χ1n) is 4.67. The van der Waals surface area contributed by atoms with Crippen molar-refractivity contribution in [3.05, 3.63) is 40.9 Å². The van der Waals surface area contributed by atoms with Crippen LogP contribution in [-0.2, 0) is 0 Å². The Balaban J connectivity index is 0.000000153. The maximum atomic E-state index is 10.7. The van der Waals surface area contributed by atoms with E-state index in [4.69, 9.17) is 10.8 Å². The first-order valence-corrected chi connectivity index (χ1v) is 4.67. The second kappa shape index (κ2) is 4.39. The van der Waals surface area contributed by atoms with E-state index in [0.717, 1.165) is 6.07 Å². The Morgan fingerprint density at radius 3 is 2.76 bits per heavy atom. The lowest BCUT2D eigenvalue weighted by atomic mass is 10.6. The van der Waals surface area contributed by atoms with Crippen LogP contribution in [0, 0.1) is 0 Å². The van der Waals surface area contributed by atoms with Crippen molar-refractivity contribution < 1.29 is 5.11 Å². The summed E-state index contributed by atoms with van der Waals surface area (Å²) in [5, 5.41) is 19.0. The number of nitrogen functional groups attached to an aromatic ring is 1. The highest BCUT2D eigenvalue weighted by Gasteiger charge is 1.99. The lowest BCUT2D eigenvalue weighted by molar-refractivity contribution is 0.434. The number of nitrogens with zero attached hydrogens (tertiary/aromatic N) is 3. The van der Waals surface area contributed by atoms with Crippen molar-refractivity contribution in [2.75, 3.05) is 5.73 Å². The molecule has 0 aliphatic carbocycles. The van der Waals surface area contributed by atoms with Crippen molar-refractivity contribution in [2.45, 2.75) is 0 Å². The van der Waals surface area contributed by atoms with Gasteiger partial charge in [0.15, 0.2) is 0 Å². The molecule has 0 fully saturated rings. The predicted octanol–water partition coefficient (Wildman–Crippen LogP) is -0.280. The van der Waals surface area contributed by atoms with E-state index in [9.17, 15) is 4.79 Å². The van der Waals surface area contributed by atoms with Crippen molar-refractivity contribution in [3.63, 3.8) is 0 Å². The Bertz CT molecular complexity index is 653. The topological polar surface area (TPSA) is 125 Å². The molecule has 3 rings (SSSR count). The van der Waals surface area contributed by atoms with E-state index in [2.05, 4.69) is 20.3 Å². The maximum absolute atomic E-state index is 10.7. The fourth-order valence-corrected chi connectivity index (χ4v) is 1.19. The SMILES string of the molecule is Nc1ccn[nH]1.O=c1cc(O)n2nccc2[nH]1. The molecule has 5 N–H and O–H groups in total. The lowest BCUT2D eigenvalue weighted by Crippen LogP contribution is -2.06. The Morgan fingerprint density at radius 2 is 2.18 bits per heavy atom. The van der Waals surface area contributed by atoms with Gasteiger partial charge < -0.3 is 15.8 Å². The summed E-state index contributed by atoms with van der Waals surface area (Å²) in [4.78, 5) is 13.2. The van der Waals surface area contributed by atoms with Gasteiger partial charge in [0.1, 0.15) is 11.5 Å². The van der Waals surface area contributed by atoms with Crippen LogP contribution in [0.2, 0.25) is 0 Å². The molecule has 0 amide bonds. The molecule has 0 bridgehead atoms. The minimum absolute atomic E-state index is 0.159. The summed E-state index contributed by atoms with van der Waals surface area (Å²) in [7, 11) is 0. The molecule has 0 radical (unpaired) electrons. The van der Waals surface area contributed by atoms with Gasteiger partial charge in [-0.25, -0.2) is 0 Å². The van der Waals surface area contributed by atoms with Crippen molar-refractivity contribution in [3.8, 4) is 5.88 Å². The first kappa shape index (κ1) is 10.7. The smallest absolute Gasteiger partial charge is 0.254 e. The molecule has 0 aliphatic heterocycles. The van der Waals surface area contributed by atoms with Crippen molar-refractivity contribution in [2.24, 2.45) is 0 Å². The second-order valence-electron chi connectivity index (χ2n) is 3.13. The summed E-state index contributed by atoms with van der Waals surface area (Å²) in [5.74, 6) is 0.448. The van der Waals surface area contributed by atoms with Crippen LogP contribution in [0.15, 0.2) is 35.4 Å². The van der Waals surface area contributed by atoms with Gasteiger partial charge in [0.05, 0.1) is 18.5 Å². The van der Waals surface area contributed by atoms with Gasteiger partial charge in [-0.3, -0.25) is 9.89 Å². The zero-order valence-electron chi connectivity index (χ0n) is 8.66. The van der Waals surface area contributed by atoms with Crippen LogP contribution >= 0.6 is 0 Å². The molecule has 0 aliphatic rings. The van der Waals surface area contributed by atoms with Crippen LogP contribution in [0.3, 0.4) is 0 Å². The van der Waals surface area contributed by atoms with Gasteiger partial charge in [-0.15, -0.1) is 0 Å². The van der Waals surface area contributed by atoms with E-state index in [0.29, 0.717) is 11.5 Å². The Hall–Kier alpha value is -2.77. The Kier molecular flexibility index (Phi) is 2.77. The van der Waals surface area contributed by atoms with Crippen LogP contribution < -0.4 is 11.3 Å². The molecule has 17 heavy (non-hydrogen) atoms. The largest absolute Gasteiger partial charge is 0.493 e. The number of nitrogens with one attached hydrogen (secondary N) is 2. The fourth-order valence-electron chi connectivity index (χ4n) is 1.19. The van der Waals surface area contributed by atoms with Gasteiger partial charge >= 0.3 is 0 Å². The third-order valence-electron chi connectivity index (χ3n) is 1.89. The number of fused-ring (bicyclic) bond motifs is 1. The number of hydrogen-bond acceptors (Lipinski definition) is 5. The Labute approximate surface area is 94.7 Å². The normalized spacial score (nSPS) is 9.88. The number of hydrogen-bond donors (Lipinski definition) is 4.